The highest BCUT2D eigenvalue weighted by Crippen LogP contribution is 2.33. The minimum atomic E-state index is -1.38. The number of rotatable bonds is 12. The maximum absolute atomic E-state index is 13.5. The van der Waals surface area contributed by atoms with Crippen molar-refractivity contribution in [2.24, 2.45) is 5.92 Å². The Hall–Kier alpha value is -4.95. The molecule has 1 aliphatic rings. The number of hydrogen-bond acceptors (Lipinski definition) is 12. The quantitative estimate of drug-likeness (QED) is 0.155. The number of H-pyrrole nitrogens is 1. The van der Waals surface area contributed by atoms with Crippen LogP contribution in [0.1, 0.15) is 48.5 Å². The van der Waals surface area contributed by atoms with Crippen molar-refractivity contribution in [3.8, 4) is 11.5 Å². The molecule has 1 saturated heterocycles. The maximum Gasteiger partial charge on any atom is 0.509 e. The van der Waals surface area contributed by atoms with Gasteiger partial charge in [0.15, 0.2) is 17.3 Å². The van der Waals surface area contributed by atoms with Gasteiger partial charge in [0.1, 0.15) is 30.4 Å². The van der Waals surface area contributed by atoms with Gasteiger partial charge in [0.25, 0.3) is 5.56 Å². The molecule has 3 heterocycles. The zero-order valence-corrected chi connectivity index (χ0v) is 25.3. The molecule has 0 spiro atoms. The van der Waals surface area contributed by atoms with E-state index in [4.69, 9.17) is 23.7 Å². The highest BCUT2D eigenvalue weighted by Gasteiger charge is 2.37. The number of aliphatic hydroxyl groups is 1. The Balaban J connectivity index is 1.29. The number of carbonyl (C=O) groups excluding carboxylic acids is 2. The van der Waals surface area contributed by atoms with Crippen molar-refractivity contribution in [1.29, 1.82) is 0 Å². The number of nitrogens with zero attached hydrogens (tertiary/aromatic N) is 3. The zero-order valence-electron chi connectivity index (χ0n) is 25.3. The largest absolute Gasteiger partial charge is 0.509 e. The lowest BCUT2D eigenvalue weighted by Crippen LogP contribution is -2.29. The Morgan fingerprint density at radius 1 is 1.13 bits per heavy atom. The second kappa shape index (κ2) is 13.8. The predicted molar refractivity (Wildman–Crippen MR) is 162 cm³/mol. The van der Waals surface area contributed by atoms with Gasteiger partial charge in [-0.25, -0.2) is 9.78 Å². The molecule has 3 N–H and O–H groups in total. The van der Waals surface area contributed by atoms with Crippen molar-refractivity contribution in [1.82, 2.24) is 19.5 Å². The van der Waals surface area contributed by atoms with Gasteiger partial charge in [-0.3, -0.25) is 19.1 Å². The number of nitrogens with one attached hydrogen (secondary N) is 2. The van der Waals surface area contributed by atoms with Crippen LogP contribution in [0.4, 0.5) is 10.7 Å². The summed E-state index contributed by atoms with van der Waals surface area (Å²) >= 11 is 0. The molecule has 0 bridgehead atoms. The van der Waals surface area contributed by atoms with E-state index in [1.807, 2.05) is 13.8 Å². The van der Waals surface area contributed by atoms with E-state index < -0.39 is 42.0 Å². The highest BCUT2D eigenvalue weighted by atomic mass is 16.7. The molecular formula is C31H35N5O9. The summed E-state index contributed by atoms with van der Waals surface area (Å²) in [6, 6.07) is 13.1. The minimum absolute atomic E-state index is 0.120. The van der Waals surface area contributed by atoms with E-state index in [2.05, 4.69) is 20.3 Å². The monoisotopic (exact) mass is 621 g/mol. The van der Waals surface area contributed by atoms with Crippen LogP contribution in [0, 0.1) is 5.92 Å². The van der Waals surface area contributed by atoms with Gasteiger partial charge in [-0.05, 0) is 18.1 Å². The van der Waals surface area contributed by atoms with Gasteiger partial charge >= 0.3 is 6.16 Å². The van der Waals surface area contributed by atoms with Gasteiger partial charge in [-0.15, -0.1) is 0 Å². The first-order chi connectivity index (χ1) is 21.7. The van der Waals surface area contributed by atoms with Crippen LogP contribution < -0.4 is 20.3 Å². The molecule has 4 aromatic rings. The number of benzene rings is 2. The molecule has 14 heteroatoms. The van der Waals surface area contributed by atoms with Crippen LogP contribution in [-0.4, -0.2) is 76.1 Å². The third-order valence-electron chi connectivity index (χ3n) is 7.18. The summed E-state index contributed by atoms with van der Waals surface area (Å²) in [6.45, 7) is 4.28. The van der Waals surface area contributed by atoms with Crippen molar-refractivity contribution in [2.45, 2.75) is 44.8 Å². The van der Waals surface area contributed by atoms with Gasteiger partial charge in [-0.2, -0.15) is 4.98 Å². The van der Waals surface area contributed by atoms with E-state index in [1.165, 1.54) is 20.5 Å². The van der Waals surface area contributed by atoms with Crippen LogP contribution in [0.2, 0.25) is 0 Å². The predicted octanol–water partition coefficient (Wildman–Crippen LogP) is 3.63. The number of aliphatic hydroxyl groups excluding tert-OH is 1. The summed E-state index contributed by atoms with van der Waals surface area (Å²) in [5.41, 5.74) is 0.608. The molecule has 2 aromatic heterocycles. The van der Waals surface area contributed by atoms with Crippen molar-refractivity contribution in [3.63, 3.8) is 0 Å². The summed E-state index contributed by atoms with van der Waals surface area (Å²) in [6.07, 6.45) is -3.69. The fourth-order valence-corrected chi connectivity index (χ4v) is 4.85. The van der Waals surface area contributed by atoms with Crippen LogP contribution in [0.15, 0.2) is 59.7 Å². The highest BCUT2D eigenvalue weighted by molar-refractivity contribution is 6.00. The second-order valence-corrected chi connectivity index (χ2v) is 10.9. The van der Waals surface area contributed by atoms with Crippen molar-refractivity contribution in [3.05, 3.63) is 76.3 Å². The molecule has 4 atom stereocenters. The normalized spacial score (nSPS) is 18.5. The number of aromatic amines is 1. The number of fused-ring (bicyclic) bond motifs is 1. The molecule has 1 fully saturated rings. The van der Waals surface area contributed by atoms with Gasteiger partial charge < -0.3 is 34.1 Å². The number of imidazole rings is 1. The second-order valence-electron chi connectivity index (χ2n) is 10.9. The molecule has 0 amide bonds. The fraction of sp³-hybridized carbons (Fsp3) is 0.387. The third kappa shape index (κ3) is 7.24. The summed E-state index contributed by atoms with van der Waals surface area (Å²) < 4.78 is 29.1. The molecule has 0 saturated carbocycles. The van der Waals surface area contributed by atoms with Crippen molar-refractivity contribution >= 4 is 29.1 Å². The zero-order chi connectivity index (χ0) is 32.1. The molecule has 2 aromatic carbocycles. The number of aromatic nitrogens is 4. The Morgan fingerprint density at radius 3 is 2.51 bits per heavy atom. The van der Waals surface area contributed by atoms with E-state index in [1.54, 1.807) is 53.1 Å². The van der Waals surface area contributed by atoms with E-state index in [0.29, 0.717) is 35.1 Å². The first kappa shape index (κ1) is 31.5. The number of hydrogen-bond donors (Lipinski definition) is 3. The first-order valence-electron chi connectivity index (χ1n) is 14.4. The molecule has 14 nitrogen and oxygen atoms in total. The van der Waals surface area contributed by atoms with Crippen molar-refractivity contribution < 1.29 is 38.4 Å². The number of ketones is 1. The third-order valence-corrected chi connectivity index (χ3v) is 7.18. The molecule has 1 aliphatic heterocycles. The van der Waals surface area contributed by atoms with E-state index in [-0.39, 0.29) is 30.1 Å². The number of methoxy groups -OCH3 is 2. The van der Waals surface area contributed by atoms with Crippen LogP contribution in [0.3, 0.4) is 0 Å². The SMILES string of the molecule is COc1cc(OC)cc(C(OC(=O)OC[C@H]2O[C@@H](n3cnc4c(=O)[nH]c(NCC(C)C)nc43)C[C@@H]2O)C(=O)c2ccccc2)c1. The fourth-order valence-electron chi connectivity index (χ4n) is 4.85. The van der Waals surface area contributed by atoms with Crippen LogP contribution in [-0.2, 0) is 14.2 Å². The molecule has 5 rings (SSSR count). The first-order valence-corrected chi connectivity index (χ1v) is 14.4. The molecule has 238 valence electrons. The Kier molecular flexibility index (Phi) is 9.64. The molecule has 0 radical (unpaired) electrons. The average Bonchev–Trinajstić information content (AvgIpc) is 3.64. The van der Waals surface area contributed by atoms with Gasteiger partial charge in [0.05, 0.1) is 26.7 Å². The van der Waals surface area contributed by atoms with Gasteiger partial charge in [0, 0.05) is 30.2 Å². The Morgan fingerprint density at radius 2 is 1.84 bits per heavy atom. The summed E-state index contributed by atoms with van der Waals surface area (Å²) in [5, 5.41) is 13.8. The van der Waals surface area contributed by atoms with E-state index in [0.717, 1.165) is 0 Å². The molecule has 45 heavy (non-hydrogen) atoms. The van der Waals surface area contributed by atoms with Crippen LogP contribution >= 0.6 is 0 Å². The van der Waals surface area contributed by atoms with E-state index >= 15 is 0 Å². The Labute approximate surface area is 258 Å². The molecule has 1 unspecified atom stereocenters. The molecular weight excluding hydrogens is 586 g/mol. The lowest BCUT2D eigenvalue weighted by Gasteiger charge is -2.20. The maximum atomic E-state index is 13.5. The van der Waals surface area contributed by atoms with Crippen molar-refractivity contribution in [2.75, 3.05) is 32.7 Å². The average molecular weight is 622 g/mol. The lowest BCUT2D eigenvalue weighted by atomic mass is 9.99. The standard InChI is InChI=1S/C31H35N5O9/c1-17(2)14-32-30-34-28-25(29(39)35-30)33-16-36(28)24-13-22(37)23(44-24)15-43-31(40)45-27(26(38)18-8-6-5-7-9-18)19-10-20(41-3)12-21(11-19)42-4/h5-12,16-17,22-24,27,37H,13-15H2,1-4H3,(H2,32,34,35,39)/t22-,23+,24+,27?/m0/s1. The summed E-state index contributed by atoms with van der Waals surface area (Å²) in [4.78, 5) is 50.3. The number of ether oxygens (including phenoxy) is 5. The topological polar surface area (TPSA) is 176 Å². The number of carbonyl (C=O) groups is 2. The van der Waals surface area contributed by atoms with Gasteiger partial charge in [-0.1, -0.05) is 44.2 Å². The number of Topliss-reactive ketones (excluding diaryl/α,β-unsaturated/α-hetero) is 1. The molecule has 0 aliphatic carbocycles. The summed E-state index contributed by atoms with van der Waals surface area (Å²) in [5.74, 6) is 0.912. The minimum Gasteiger partial charge on any atom is -0.497 e. The van der Waals surface area contributed by atoms with Crippen LogP contribution in [0.5, 0.6) is 11.5 Å². The number of anilines is 1. The van der Waals surface area contributed by atoms with E-state index in [9.17, 15) is 19.5 Å². The smallest absolute Gasteiger partial charge is 0.497 e. The lowest BCUT2D eigenvalue weighted by molar-refractivity contribution is -0.0599. The Bertz CT molecular complexity index is 1680. The van der Waals surface area contributed by atoms with Gasteiger partial charge in [0.2, 0.25) is 11.7 Å². The van der Waals surface area contributed by atoms with Crippen LogP contribution in [0.25, 0.3) is 11.2 Å². The summed E-state index contributed by atoms with van der Waals surface area (Å²) in [7, 11) is 2.93.